The second-order valence-electron chi connectivity index (χ2n) is 8.85. The lowest BCUT2D eigenvalue weighted by Crippen LogP contribution is -2.20. The van der Waals surface area contributed by atoms with Crippen LogP contribution >= 0.6 is 0 Å². The van der Waals surface area contributed by atoms with Crippen molar-refractivity contribution in [3.8, 4) is 22.4 Å². The number of nitrogens with zero attached hydrogens (tertiary/aromatic N) is 5. The molecule has 172 valence electrons. The van der Waals surface area contributed by atoms with Crippen molar-refractivity contribution >= 4 is 11.8 Å². The van der Waals surface area contributed by atoms with Gasteiger partial charge in [-0.05, 0) is 30.9 Å². The molecule has 0 saturated heterocycles. The van der Waals surface area contributed by atoms with E-state index < -0.39 is 11.4 Å². The maximum Gasteiger partial charge on any atom is 0.315 e. The van der Waals surface area contributed by atoms with E-state index in [4.69, 9.17) is 0 Å². The Kier molecular flexibility index (Phi) is 5.53. The van der Waals surface area contributed by atoms with Gasteiger partial charge in [0.1, 0.15) is 11.2 Å². The average Bonchev–Trinajstić information content (AvgIpc) is 3.55. The van der Waals surface area contributed by atoms with Gasteiger partial charge < -0.3 is 10.4 Å². The summed E-state index contributed by atoms with van der Waals surface area (Å²) in [6, 6.07) is 7.63. The van der Waals surface area contributed by atoms with E-state index in [0.29, 0.717) is 36.8 Å². The maximum absolute atomic E-state index is 11.5. The van der Waals surface area contributed by atoms with Gasteiger partial charge in [-0.25, -0.2) is 4.98 Å². The molecule has 0 aromatic carbocycles. The summed E-state index contributed by atoms with van der Waals surface area (Å²) in [5, 5.41) is 20.0. The molecule has 0 radical (unpaired) electrons. The molecule has 1 fully saturated rings. The van der Waals surface area contributed by atoms with E-state index in [-0.39, 0.29) is 0 Å². The largest absolute Gasteiger partial charge is 0.481 e. The molecule has 1 aliphatic carbocycles. The van der Waals surface area contributed by atoms with Crippen LogP contribution in [0.1, 0.15) is 49.7 Å². The van der Waals surface area contributed by atoms with Crippen LogP contribution in [0.25, 0.3) is 22.4 Å². The molecular weight excluding hydrogens is 430 g/mol. The van der Waals surface area contributed by atoms with Crippen molar-refractivity contribution in [3.63, 3.8) is 0 Å². The summed E-state index contributed by atoms with van der Waals surface area (Å²) in [5.41, 5.74) is 5.15. The van der Waals surface area contributed by atoms with Crippen molar-refractivity contribution < 1.29 is 9.90 Å². The molecule has 0 unspecified atom stereocenters. The molecule has 3 N–H and O–H groups in total. The fourth-order valence-electron chi connectivity index (χ4n) is 3.87. The maximum atomic E-state index is 11.5. The summed E-state index contributed by atoms with van der Waals surface area (Å²) in [6.45, 7) is 4.67. The van der Waals surface area contributed by atoms with Crippen LogP contribution < -0.4 is 5.32 Å². The summed E-state index contributed by atoms with van der Waals surface area (Å²) < 4.78 is 0. The van der Waals surface area contributed by atoms with Gasteiger partial charge in [0.2, 0.25) is 0 Å². The highest BCUT2D eigenvalue weighted by Crippen LogP contribution is 2.47. The van der Waals surface area contributed by atoms with Crippen LogP contribution in [-0.2, 0) is 16.8 Å². The Bertz CT molecular complexity index is 1310. The predicted molar refractivity (Wildman–Crippen MR) is 127 cm³/mol. The first kappa shape index (κ1) is 21.7. The van der Waals surface area contributed by atoms with Crippen molar-refractivity contribution in [2.45, 2.75) is 44.6 Å². The van der Waals surface area contributed by atoms with Crippen LogP contribution in [0.5, 0.6) is 0 Å². The third-order valence-corrected chi connectivity index (χ3v) is 6.20. The van der Waals surface area contributed by atoms with Crippen LogP contribution in [0.4, 0.5) is 5.82 Å². The minimum atomic E-state index is -0.802. The Morgan fingerprint density at radius 3 is 2.44 bits per heavy atom. The molecule has 4 heterocycles. The quantitative estimate of drug-likeness (QED) is 0.361. The number of anilines is 1. The third-order valence-electron chi connectivity index (χ3n) is 6.20. The molecule has 0 amide bonds. The first-order chi connectivity index (χ1) is 16.5. The molecule has 0 spiro atoms. The highest BCUT2D eigenvalue weighted by molar-refractivity contribution is 5.84. The number of H-pyrrole nitrogens is 1. The van der Waals surface area contributed by atoms with Gasteiger partial charge in [0.25, 0.3) is 0 Å². The van der Waals surface area contributed by atoms with Gasteiger partial charge >= 0.3 is 5.97 Å². The molecule has 34 heavy (non-hydrogen) atoms. The van der Waals surface area contributed by atoms with Gasteiger partial charge in [-0.3, -0.25) is 24.8 Å². The van der Waals surface area contributed by atoms with Gasteiger partial charge in [-0.1, -0.05) is 26.0 Å². The van der Waals surface area contributed by atoms with Gasteiger partial charge in [0.05, 0.1) is 41.7 Å². The number of aliphatic carboxylic acids is 1. The van der Waals surface area contributed by atoms with Gasteiger partial charge in [-0.2, -0.15) is 5.10 Å². The van der Waals surface area contributed by atoms with Crippen LogP contribution in [0.2, 0.25) is 0 Å². The lowest BCUT2D eigenvalue weighted by molar-refractivity contribution is -0.140. The van der Waals surface area contributed by atoms with Gasteiger partial charge in [0.15, 0.2) is 0 Å². The highest BCUT2D eigenvalue weighted by atomic mass is 16.4. The summed E-state index contributed by atoms with van der Waals surface area (Å²) in [4.78, 5) is 29.4. The van der Waals surface area contributed by atoms with E-state index in [1.54, 1.807) is 37.1 Å². The average molecular weight is 456 g/mol. The number of hydrogen-bond acceptors (Lipinski definition) is 7. The summed E-state index contributed by atoms with van der Waals surface area (Å²) in [5.74, 6) is 0.212. The zero-order valence-corrected chi connectivity index (χ0v) is 19.0. The zero-order chi connectivity index (χ0) is 23.7. The number of aromatic amines is 1. The van der Waals surface area contributed by atoms with Crippen molar-refractivity contribution in [1.29, 1.82) is 0 Å². The van der Waals surface area contributed by atoms with E-state index in [2.05, 4.69) is 49.3 Å². The highest BCUT2D eigenvalue weighted by Gasteiger charge is 2.53. The van der Waals surface area contributed by atoms with Gasteiger partial charge in [0, 0.05) is 35.3 Å². The number of aromatic nitrogens is 6. The number of carbonyl (C=O) groups is 1. The van der Waals surface area contributed by atoms with Crippen LogP contribution in [0, 0.1) is 0 Å². The standard InChI is InChI=1S/C25H25N7O2/c1-15(2)20-12-26-14-23(31-20)29-13-21-18(11-30-32-21)19-5-3-16(9-27-19)17-4-6-22(28-10-17)25(7-8-25)24(33)34/h3-6,9-12,14-15H,7-8,13H2,1-2H3,(H,29,31)(H,30,32)(H,33,34). The van der Waals surface area contributed by atoms with Crippen molar-refractivity contribution in [3.05, 3.63) is 72.3 Å². The SMILES string of the molecule is CC(C)c1cncc(NCc2[nH]ncc2-c2ccc(-c3ccc(C4(C(=O)O)CC4)nc3)cn2)n1. The number of rotatable bonds is 8. The van der Waals surface area contributed by atoms with Crippen LogP contribution in [-0.4, -0.2) is 41.2 Å². The smallest absolute Gasteiger partial charge is 0.315 e. The third kappa shape index (κ3) is 4.12. The lowest BCUT2D eigenvalue weighted by atomic mass is 10.0. The number of carboxylic acids is 1. The molecular formula is C25H25N7O2. The van der Waals surface area contributed by atoms with E-state index in [0.717, 1.165) is 33.8 Å². The zero-order valence-electron chi connectivity index (χ0n) is 19.0. The Morgan fingerprint density at radius 1 is 1.06 bits per heavy atom. The molecule has 0 bridgehead atoms. The molecule has 1 saturated carbocycles. The second kappa shape index (κ2) is 8.66. The summed E-state index contributed by atoms with van der Waals surface area (Å²) in [6.07, 6.45) is 10.0. The van der Waals surface area contributed by atoms with Crippen molar-refractivity contribution in [2.24, 2.45) is 0 Å². The fraction of sp³-hybridized carbons (Fsp3) is 0.280. The first-order valence-electron chi connectivity index (χ1n) is 11.2. The normalized spacial score (nSPS) is 14.2. The number of carboxylic acid groups (broad SMARTS) is 1. The number of hydrogen-bond donors (Lipinski definition) is 3. The van der Waals surface area contributed by atoms with Crippen molar-refractivity contribution in [2.75, 3.05) is 5.32 Å². The lowest BCUT2D eigenvalue weighted by Gasteiger charge is -2.10. The molecule has 0 aliphatic heterocycles. The van der Waals surface area contributed by atoms with Crippen LogP contribution in [0.15, 0.2) is 55.2 Å². The number of nitrogens with one attached hydrogen (secondary N) is 2. The monoisotopic (exact) mass is 455 g/mol. The Hall–Kier alpha value is -4.14. The number of pyridine rings is 2. The predicted octanol–water partition coefficient (Wildman–Crippen LogP) is 4.18. The van der Waals surface area contributed by atoms with Gasteiger partial charge in [-0.15, -0.1) is 0 Å². The van der Waals surface area contributed by atoms with E-state index in [9.17, 15) is 9.90 Å². The summed E-state index contributed by atoms with van der Waals surface area (Å²) >= 11 is 0. The van der Waals surface area contributed by atoms with Crippen molar-refractivity contribution in [1.82, 2.24) is 30.1 Å². The second-order valence-corrected chi connectivity index (χ2v) is 8.85. The molecule has 1 aliphatic rings. The fourth-order valence-corrected chi connectivity index (χ4v) is 3.87. The molecule has 4 aromatic rings. The van der Waals surface area contributed by atoms with E-state index in [1.807, 2.05) is 18.2 Å². The van der Waals surface area contributed by atoms with E-state index in [1.165, 1.54) is 0 Å². The first-order valence-corrected chi connectivity index (χ1v) is 11.2. The molecule has 0 atom stereocenters. The molecule has 9 heteroatoms. The molecule has 4 aromatic heterocycles. The summed E-state index contributed by atoms with van der Waals surface area (Å²) in [7, 11) is 0. The van der Waals surface area contributed by atoms with E-state index >= 15 is 0 Å². The molecule has 5 rings (SSSR count). The molecule has 9 nitrogen and oxygen atoms in total. The Labute approximate surface area is 196 Å². The minimum absolute atomic E-state index is 0.304. The topological polar surface area (TPSA) is 130 Å². The Morgan fingerprint density at radius 2 is 1.82 bits per heavy atom. The van der Waals surface area contributed by atoms with Crippen LogP contribution in [0.3, 0.4) is 0 Å². The minimum Gasteiger partial charge on any atom is -0.481 e. The Balaban J connectivity index is 1.30.